The molecule has 0 aliphatic carbocycles. The summed E-state index contributed by atoms with van der Waals surface area (Å²) in [7, 11) is 1.68. The molecular weight excluding hydrogens is 450 g/mol. The first-order chi connectivity index (χ1) is 16.5. The van der Waals surface area contributed by atoms with E-state index in [1.54, 1.807) is 7.11 Å². The van der Waals surface area contributed by atoms with Crippen molar-refractivity contribution in [2.45, 2.75) is 50.2 Å². The minimum absolute atomic E-state index is 0.186. The maximum absolute atomic E-state index is 6.20. The van der Waals surface area contributed by atoms with Crippen molar-refractivity contribution in [3.05, 3.63) is 72.1 Å². The summed E-state index contributed by atoms with van der Waals surface area (Å²) < 4.78 is 18.9. The third-order valence-electron chi connectivity index (χ3n) is 5.08. The van der Waals surface area contributed by atoms with E-state index < -0.39 is 0 Å². The number of hydrogen-bond acceptors (Lipinski definition) is 8. The molecule has 9 heteroatoms. The number of ether oxygens (including phenoxy) is 2. The first-order valence-corrected chi connectivity index (χ1v) is 12.1. The molecule has 178 valence electrons. The van der Waals surface area contributed by atoms with Gasteiger partial charge in [0.25, 0.3) is 0 Å². The lowest BCUT2D eigenvalue weighted by Crippen LogP contribution is -2.12. The van der Waals surface area contributed by atoms with Crippen LogP contribution in [0.2, 0.25) is 0 Å². The van der Waals surface area contributed by atoms with Gasteiger partial charge in [0.2, 0.25) is 5.89 Å². The summed E-state index contributed by atoms with van der Waals surface area (Å²) in [4.78, 5) is 4.50. The smallest absolute Gasteiger partial charge is 0.232 e. The monoisotopic (exact) mass is 479 g/mol. The summed E-state index contributed by atoms with van der Waals surface area (Å²) in [6.07, 6.45) is 0. The molecule has 0 bridgehead atoms. The van der Waals surface area contributed by atoms with Crippen LogP contribution in [0, 0.1) is 0 Å². The van der Waals surface area contributed by atoms with Crippen LogP contribution < -0.4 is 4.74 Å². The quantitative estimate of drug-likeness (QED) is 0.289. The fourth-order valence-electron chi connectivity index (χ4n) is 3.28. The van der Waals surface area contributed by atoms with Crippen molar-refractivity contribution < 1.29 is 14.0 Å². The van der Waals surface area contributed by atoms with Gasteiger partial charge in [-0.1, -0.05) is 86.2 Å². The SMILES string of the molecule is COCCn1c(COc2ccccc2-c2ccccc2)nnc1SCc1noc(C(C)(C)C)n1. The van der Waals surface area contributed by atoms with Gasteiger partial charge in [0.15, 0.2) is 16.8 Å². The van der Waals surface area contributed by atoms with Gasteiger partial charge in [-0.05, 0) is 11.6 Å². The summed E-state index contributed by atoms with van der Waals surface area (Å²) in [6.45, 7) is 7.57. The molecule has 0 spiro atoms. The van der Waals surface area contributed by atoms with Crippen molar-refractivity contribution in [1.29, 1.82) is 0 Å². The number of nitrogens with zero attached hydrogens (tertiary/aromatic N) is 5. The molecule has 2 heterocycles. The molecule has 0 radical (unpaired) electrons. The second-order valence-corrected chi connectivity index (χ2v) is 9.69. The van der Waals surface area contributed by atoms with Gasteiger partial charge in [-0.15, -0.1) is 10.2 Å². The van der Waals surface area contributed by atoms with Crippen LogP contribution in [0.25, 0.3) is 11.1 Å². The third-order valence-corrected chi connectivity index (χ3v) is 6.04. The Labute approximate surface area is 203 Å². The lowest BCUT2D eigenvalue weighted by molar-refractivity contribution is 0.181. The van der Waals surface area contributed by atoms with Gasteiger partial charge in [-0.2, -0.15) is 4.98 Å². The Hall–Kier alpha value is -3.17. The summed E-state index contributed by atoms with van der Waals surface area (Å²) in [5.74, 6) is 3.31. The lowest BCUT2D eigenvalue weighted by atomic mass is 9.97. The van der Waals surface area contributed by atoms with Gasteiger partial charge in [0, 0.05) is 24.6 Å². The predicted molar refractivity (Wildman–Crippen MR) is 131 cm³/mol. The fraction of sp³-hybridized carbons (Fsp3) is 0.360. The third kappa shape index (κ3) is 5.84. The minimum Gasteiger partial charge on any atom is -0.485 e. The zero-order valence-electron chi connectivity index (χ0n) is 19.9. The van der Waals surface area contributed by atoms with Crippen molar-refractivity contribution in [3.8, 4) is 16.9 Å². The van der Waals surface area contributed by atoms with Gasteiger partial charge in [-0.25, -0.2) is 0 Å². The van der Waals surface area contributed by atoms with Crippen molar-refractivity contribution >= 4 is 11.8 Å². The molecule has 0 saturated heterocycles. The summed E-state index contributed by atoms with van der Waals surface area (Å²) in [5, 5.41) is 13.6. The van der Waals surface area contributed by atoms with Crippen LogP contribution in [0.4, 0.5) is 0 Å². The van der Waals surface area contributed by atoms with Crippen LogP contribution in [-0.2, 0) is 29.1 Å². The zero-order chi connectivity index (χ0) is 24.0. The summed E-state index contributed by atoms with van der Waals surface area (Å²) >= 11 is 1.51. The highest BCUT2D eigenvalue weighted by molar-refractivity contribution is 7.98. The number of hydrogen-bond donors (Lipinski definition) is 0. The highest BCUT2D eigenvalue weighted by Crippen LogP contribution is 2.30. The second-order valence-electron chi connectivity index (χ2n) is 8.75. The number of aromatic nitrogens is 5. The van der Waals surface area contributed by atoms with Crippen molar-refractivity contribution in [2.75, 3.05) is 13.7 Å². The molecule has 4 rings (SSSR count). The molecule has 0 atom stereocenters. The first-order valence-electron chi connectivity index (χ1n) is 11.1. The molecule has 0 unspecified atom stereocenters. The molecule has 0 amide bonds. The average Bonchev–Trinajstić information content (AvgIpc) is 3.48. The summed E-state index contributed by atoms with van der Waals surface area (Å²) in [5.41, 5.74) is 1.95. The van der Waals surface area contributed by atoms with E-state index in [9.17, 15) is 0 Å². The Balaban J connectivity index is 1.48. The zero-order valence-corrected chi connectivity index (χ0v) is 20.7. The van der Waals surface area contributed by atoms with Gasteiger partial charge in [-0.3, -0.25) is 0 Å². The lowest BCUT2D eigenvalue weighted by Gasteiger charge is -2.13. The maximum atomic E-state index is 6.20. The van der Waals surface area contributed by atoms with Gasteiger partial charge in [0.05, 0.1) is 12.4 Å². The average molecular weight is 480 g/mol. The van der Waals surface area contributed by atoms with Gasteiger partial charge < -0.3 is 18.6 Å². The molecule has 2 aromatic carbocycles. The Morgan fingerprint density at radius 1 is 1.00 bits per heavy atom. The maximum Gasteiger partial charge on any atom is 0.232 e. The molecule has 0 fully saturated rings. The van der Waals surface area contributed by atoms with Crippen LogP contribution in [0.3, 0.4) is 0 Å². The standard InChI is InChI=1S/C25H29N5O3S/c1-25(2,3)23-26-21(29-33-23)17-34-24-28-27-22(30(24)14-15-31-4)16-32-20-13-9-8-12-19(20)18-10-6-5-7-11-18/h5-13H,14-17H2,1-4H3. The van der Waals surface area contributed by atoms with Crippen LogP contribution >= 0.6 is 11.8 Å². The first kappa shape index (κ1) is 24.0. The number of rotatable bonds is 10. The van der Waals surface area contributed by atoms with Gasteiger partial charge in [0.1, 0.15) is 12.4 Å². The van der Waals surface area contributed by atoms with E-state index in [0.717, 1.165) is 27.9 Å². The van der Waals surface area contributed by atoms with Gasteiger partial charge >= 0.3 is 0 Å². The number of benzene rings is 2. The normalized spacial score (nSPS) is 11.6. The molecule has 4 aromatic rings. The molecule has 0 aliphatic heterocycles. The number of methoxy groups -OCH3 is 1. The highest BCUT2D eigenvalue weighted by atomic mass is 32.2. The topological polar surface area (TPSA) is 88.1 Å². The molecule has 0 saturated carbocycles. The molecule has 2 aromatic heterocycles. The second kappa shape index (κ2) is 10.8. The molecule has 0 N–H and O–H groups in total. The highest BCUT2D eigenvalue weighted by Gasteiger charge is 2.22. The molecular formula is C25H29N5O3S. The van der Waals surface area contributed by atoms with E-state index in [1.165, 1.54) is 11.8 Å². The van der Waals surface area contributed by atoms with Crippen LogP contribution in [-0.4, -0.2) is 38.6 Å². The van der Waals surface area contributed by atoms with Crippen molar-refractivity contribution in [3.63, 3.8) is 0 Å². The Bertz CT molecular complexity index is 1200. The number of thioether (sulfide) groups is 1. The number of para-hydroxylation sites is 1. The Kier molecular flexibility index (Phi) is 7.64. The van der Waals surface area contributed by atoms with E-state index in [0.29, 0.717) is 30.6 Å². The van der Waals surface area contributed by atoms with Crippen molar-refractivity contribution in [1.82, 2.24) is 24.9 Å². The molecule has 0 aliphatic rings. The Morgan fingerprint density at radius 2 is 1.76 bits per heavy atom. The van der Waals surface area contributed by atoms with E-state index in [4.69, 9.17) is 14.0 Å². The molecule has 8 nitrogen and oxygen atoms in total. The predicted octanol–water partition coefficient (Wildman–Crippen LogP) is 5.14. The Morgan fingerprint density at radius 3 is 2.50 bits per heavy atom. The van der Waals surface area contributed by atoms with E-state index >= 15 is 0 Å². The van der Waals surface area contributed by atoms with Crippen LogP contribution in [0.1, 0.15) is 38.3 Å². The van der Waals surface area contributed by atoms with E-state index in [1.807, 2.05) is 61.7 Å². The minimum atomic E-state index is -0.186. The van der Waals surface area contributed by atoms with E-state index in [2.05, 4.69) is 38.5 Å². The fourth-order valence-corrected chi connectivity index (χ4v) is 4.10. The van der Waals surface area contributed by atoms with E-state index in [-0.39, 0.29) is 12.0 Å². The summed E-state index contributed by atoms with van der Waals surface area (Å²) in [6, 6.07) is 18.2. The molecule has 34 heavy (non-hydrogen) atoms. The van der Waals surface area contributed by atoms with Crippen molar-refractivity contribution in [2.24, 2.45) is 0 Å². The largest absolute Gasteiger partial charge is 0.485 e. The van der Waals surface area contributed by atoms with Crippen LogP contribution in [0.5, 0.6) is 5.75 Å². The van der Waals surface area contributed by atoms with Crippen LogP contribution in [0.15, 0.2) is 64.3 Å².